The molecule has 6 aromatic rings. The van der Waals surface area contributed by atoms with Gasteiger partial charge in [-0.05, 0) is 84.3 Å². The molecule has 48 heavy (non-hydrogen) atoms. The molecule has 0 radical (unpaired) electrons. The number of fused-ring (bicyclic) bond motifs is 3. The SMILES string of the molecule is C=N.N=C([C@@H](Cc1c[nH]c2ccccc12)C1CCOCC1)N(CCCc1c[nH]c2ccccc12)Cc1cccc2ccccc12.NC=O. The van der Waals surface area contributed by atoms with Gasteiger partial charge in [-0.15, -0.1) is 0 Å². The van der Waals surface area contributed by atoms with Gasteiger partial charge in [0.1, 0.15) is 0 Å². The first-order valence-corrected chi connectivity index (χ1v) is 16.6. The van der Waals surface area contributed by atoms with Gasteiger partial charge in [0, 0.05) is 66.4 Å². The van der Waals surface area contributed by atoms with Crippen molar-refractivity contribution in [1.29, 1.82) is 10.8 Å². The van der Waals surface area contributed by atoms with Crippen LogP contribution in [-0.4, -0.2) is 53.6 Å². The molecule has 8 nitrogen and oxygen atoms in total. The molecule has 1 fully saturated rings. The number of aryl methyl sites for hydroxylation is 1. The molecule has 8 heteroatoms. The normalized spacial score (nSPS) is 13.7. The summed E-state index contributed by atoms with van der Waals surface area (Å²) in [4.78, 5) is 17.9. The van der Waals surface area contributed by atoms with E-state index in [4.69, 9.17) is 14.9 Å². The molecule has 2 aromatic heterocycles. The molecule has 1 saturated heterocycles. The number of carbonyl (C=O) groups is 1. The summed E-state index contributed by atoms with van der Waals surface area (Å²) < 4.78 is 5.79. The van der Waals surface area contributed by atoms with E-state index in [1.165, 1.54) is 49.3 Å². The summed E-state index contributed by atoms with van der Waals surface area (Å²) in [6.07, 6.45) is 9.42. The lowest BCUT2D eigenvalue weighted by molar-refractivity contribution is -0.106. The molecule has 0 unspecified atom stereocenters. The molecule has 1 atom stereocenters. The summed E-state index contributed by atoms with van der Waals surface area (Å²) in [5.41, 5.74) is 10.5. The van der Waals surface area contributed by atoms with Crippen molar-refractivity contribution in [2.45, 2.75) is 38.6 Å². The van der Waals surface area contributed by atoms with Crippen LogP contribution in [-0.2, 0) is 28.9 Å². The van der Waals surface area contributed by atoms with Crippen molar-refractivity contribution in [2.75, 3.05) is 19.8 Å². The molecule has 1 aliphatic rings. The average Bonchev–Trinajstić information content (AvgIpc) is 3.75. The molecule has 0 bridgehead atoms. The number of nitrogens with one attached hydrogen (secondary N) is 4. The van der Waals surface area contributed by atoms with E-state index in [0.29, 0.717) is 5.92 Å². The Morgan fingerprint density at radius 3 is 2.08 bits per heavy atom. The molecular weight excluding hydrogens is 596 g/mol. The molecule has 248 valence electrons. The third-order valence-corrected chi connectivity index (χ3v) is 9.43. The summed E-state index contributed by atoms with van der Waals surface area (Å²) in [7, 11) is 0. The van der Waals surface area contributed by atoms with E-state index in [0.717, 1.165) is 64.2 Å². The summed E-state index contributed by atoms with van der Waals surface area (Å²) in [5.74, 6) is 1.33. The maximum Gasteiger partial charge on any atom is 0.204 e. The Balaban J connectivity index is 0.000000855. The third-order valence-electron chi connectivity index (χ3n) is 9.43. The van der Waals surface area contributed by atoms with Gasteiger partial charge in [-0.3, -0.25) is 10.2 Å². The van der Waals surface area contributed by atoms with Crippen molar-refractivity contribution in [3.8, 4) is 0 Å². The van der Waals surface area contributed by atoms with Crippen molar-refractivity contribution in [3.63, 3.8) is 0 Å². The zero-order valence-corrected chi connectivity index (χ0v) is 27.5. The van der Waals surface area contributed by atoms with Crippen LogP contribution in [0.3, 0.4) is 0 Å². The standard InChI is InChI=1S/C38H40N4O.CH3NO.CH3N/c39-38(35(28-18-21-43-22-19-28)23-31-25-41-37-17-6-4-15-34(31)37)42(26-30-11-7-10-27-9-1-2-13-32(27)30)20-8-12-29-24-40-36-16-5-3-14-33(29)36;2-1-3;1-2/h1-7,9-11,13-17,24-25,28,35,39-41H,8,12,18-23,26H2;1H,(H2,2,3);2H,1H2/t35-;;/m0../s1. The number of para-hydroxylation sites is 2. The molecule has 3 heterocycles. The number of nitrogens with two attached hydrogens (primary N) is 1. The van der Waals surface area contributed by atoms with Gasteiger partial charge in [-0.25, -0.2) is 0 Å². The van der Waals surface area contributed by atoms with Crippen LogP contribution in [0.25, 0.3) is 32.6 Å². The zero-order valence-electron chi connectivity index (χ0n) is 27.5. The van der Waals surface area contributed by atoms with Crippen LogP contribution in [0, 0.1) is 22.7 Å². The number of nitrogens with zero attached hydrogens (tertiary/aromatic N) is 1. The minimum absolute atomic E-state index is 0.131. The minimum atomic E-state index is 0.131. The lowest BCUT2D eigenvalue weighted by Gasteiger charge is -2.36. The summed E-state index contributed by atoms with van der Waals surface area (Å²) >= 11 is 0. The number of H-pyrrole nitrogens is 2. The zero-order chi connectivity index (χ0) is 33.7. The van der Waals surface area contributed by atoms with Crippen LogP contribution in [0.15, 0.2) is 103 Å². The lowest BCUT2D eigenvalue weighted by Crippen LogP contribution is -2.41. The summed E-state index contributed by atoms with van der Waals surface area (Å²) in [6.45, 7) is 5.65. The topological polar surface area (TPSA) is 135 Å². The second-order valence-electron chi connectivity index (χ2n) is 12.2. The fourth-order valence-corrected chi connectivity index (χ4v) is 7.10. The van der Waals surface area contributed by atoms with Gasteiger partial charge in [0.25, 0.3) is 0 Å². The van der Waals surface area contributed by atoms with Crippen molar-refractivity contribution < 1.29 is 9.53 Å². The number of aromatic amines is 2. The van der Waals surface area contributed by atoms with E-state index in [9.17, 15) is 5.41 Å². The smallest absolute Gasteiger partial charge is 0.204 e. The molecule has 1 aliphatic heterocycles. The number of primary amides is 1. The highest BCUT2D eigenvalue weighted by Gasteiger charge is 2.31. The Hall–Kier alpha value is -5.21. The van der Waals surface area contributed by atoms with Crippen molar-refractivity contribution in [1.82, 2.24) is 14.9 Å². The predicted molar refractivity (Wildman–Crippen MR) is 198 cm³/mol. The maximum absolute atomic E-state index is 9.86. The number of aromatic nitrogens is 2. The van der Waals surface area contributed by atoms with Crippen LogP contribution in [0.2, 0.25) is 0 Å². The Labute approximate surface area is 282 Å². The fourth-order valence-electron chi connectivity index (χ4n) is 7.10. The van der Waals surface area contributed by atoms with E-state index in [1.54, 1.807) is 0 Å². The highest BCUT2D eigenvalue weighted by atomic mass is 16.5. The number of benzene rings is 4. The first kappa shape index (κ1) is 34.1. The monoisotopic (exact) mass is 642 g/mol. The largest absolute Gasteiger partial charge is 0.381 e. The molecule has 0 saturated carbocycles. The van der Waals surface area contributed by atoms with Crippen LogP contribution in [0.1, 0.15) is 36.0 Å². The summed E-state index contributed by atoms with van der Waals surface area (Å²) in [5, 5.41) is 20.5. The van der Waals surface area contributed by atoms with Gasteiger partial charge in [-0.2, -0.15) is 0 Å². The van der Waals surface area contributed by atoms with E-state index < -0.39 is 0 Å². The number of rotatable bonds is 10. The van der Waals surface area contributed by atoms with Crippen LogP contribution in [0.5, 0.6) is 0 Å². The highest BCUT2D eigenvalue weighted by Crippen LogP contribution is 2.32. The maximum atomic E-state index is 9.86. The Morgan fingerprint density at radius 2 is 1.40 bits per heavy atom. The van der Waals surface area contributed by atoms with E-state index in [1.807, 2.05) is 0 Å². The number of ether oxygens (including phenoxy) is 1. The second-order valence-corrected chi connectivity index (χ2v) is 12.2. The van der Waals surface area contributed by atoms with Gasteiger partial charge < -0.3 is 30.7 Å². The Morgan fingerprint density at radius 1 is 0.833 bits per heavy atom. The quantitative estimate of drug-likeness (QED) is 0.0591. The molecule has 0 spiro atoms. The van der Waals surface area contributed by atoms with E-state index >= 15 is 0 Å². The second kappa shape index (κ2) is 17.1. The molecule has 0 aliphatic carbocycles. The van der Waals surface area contributed by atoms with Gasteiger partial charge >= 0.3 is 0 Å². The number of amides is 1. The van der Waals surface area contributed by atoms with Gasteiger partial charge in [0.15, 0.2) is 0 Å². The van der Waals surface area contributed by atoms with Crippen LogP contribution >= 0.6 is 0 Å². The molecule has 1 amide bonds. The molecule has 4 aromatic carbocycles. The Bertz CT molecular complexity index is 1920. The lowest BCUT2D eigenvalue weighted by atomic mass is 9.80. The molecule has 6 N–H and O–H groups in total. The van der Waals surface area contributed by atoms with Crippen molar-refractivity contribution >= 4 is 51.5 Å². The van der Waals surface area contributed by atoms with Gasteiger partial charge in [0.2, 0.25) is 6.41 Å². The van der Waals surface area contributed by atoms with Crippen molar-refractivity contribution in [3.05, 3.63) is 120 Å². The minimum Gasteiger partial charge on any atom is -0.381 e. The molecular formula is C40H46N6O2. The predicted octanol–water partition coefficient (Wildman–Crippen LogP) is 7.87. The van der Waals surface area contributed by atoms with Gasteiger partial charge in [0.05, 0.1) is 5.84 Å². The number of amidine groups is 1. The fraction of sp³-hybridized carbons (Fsp3) is 0.275. The Kier molecular flexibility index (Phi) is 12.2. The van der Waals surface area contributed by atoms with Crippen LogP contribution in [0.4, 0.5) is 0 Å². The average molecular weight is 643 g/mol. The first-order valence-electron chi connectivity index (χ1n) is 16.6. The van der Waals surface area contributed by atoms with E-state index in [-0.39, 0.29) is 12.3 Å². The number of carbonyl (C=O) groups excluding carboxylic acids is 1. The third kappa shape index (κ3) is 8.01. The molecule has 7 rings (SSSR count). The van der Waals surface area contributed by atoms with Crippen molar-refractivity contribution in [2.24, 2.45) is 17.6 Å². The number of hydrogen-bond acceptors (Lipinski definition) is 4. The summed E-state index contributed by atoms with van der Waals surface area (Å²) in [6, 6.07) is 32.3. The van der Waals surface area contributed by atoms with E-state index in [2.05, 4.69) is 131 Å². The van der Waals surface area contributed by atoms with Crippen LogP contribution < -0.4 is 5.73 Å². The van der Waals surface area contributed by atoms with Gasteiger partial charge in [-0.1, -0.05) is 78.9 Å². The first-order chi connectivity index (χ1) is 23.7. The number of hydrogen-bond donors (Lipinski definition) is 5. The highest BCUT2D eigenvalue weighted by molar-refractivity contribution is 5.88.